The number of piperidine rings is 1. The van der Waals surface area contributed by atoms with Gasteiger partial charge >= 0.3 is 0 Å². The number of carbonyl (C=O) groups is 1. The maximum Gasteiger partial charge on any atom is 0.272 e. The lowest BCUT2D eigenvalue weighted by atomic mass is 9.79. The number of nitrogens with one attached hydrogen (secondary N) is 1. The molecule has 1 saturated heterocycles. The van der Waals surface area contributed by atoms with Crippen LogP contribution in [0.15, 0.2) is 24.5 Å². The van der Waals surface area contributed by atoms with Crippen LogP contribution in [0.3, 0.4) is 0 Å². The molecule has 1 fully saturated rings. The van der Waals surface area contributed by atoms with Gasteiger partial charge in [0.1, 0.15) is 5.69 Å². The average molecular weight is 273 g/mol. The summed E-state index contributed by atoms with van der Waals surface area (Å²) in [6.07, 6.45) is 5.48. The summed E-state index contributed by atoms with van der Waals surface area (Å²) >= 11 is 0. The molecular formula is C14H19N5O. The molecule has 1 N–H and O–H groups in total. The smallest absolute Gasteiger partial charge is 0.272 e. The van der Waals surface area contributed by atoms with Gasteiger partial charge in [0.05, 0.1) is 0 Å². The summed E-state index contributed by atoms with van der Waals surface area (Å²) in [7, 11) is 1.80. The molecule has 0 radical (unpaired) electrons. The Bertz CT molecular complexity index is 603. The lowest BCUT2D eigenvalue weighted by Crippen LogP contribution is -2.47. The lowest BCUT2D eigenvalue weighted by molar-refractivity contribution is 0.0636. The maximum atomic E-state index is 12.6. The Morgan fingerprint density at radius 1 is 1.40 bits per heavy atom. The Balaban J connectivity index is 1.82. The summed E-state index contributed by atoms with van der Waals surface area (Å²) in [4.78, 5) is 14.5. The van der Waals surface area contributed by atoms with Crippen molar-refractivity contribution < 1.29 is 4.79 Å². The first-order chi connectivity index (χ1) is 9.60. The van der Waals surface area contributed by atoms with E-state index in [2.05, 4.69) is 22.2 Å². The van der Waals surface area contributed by atoms with E-state index in [1.807, 2.05) is 11.0 Å². The molecule has 1 amide bonds. The molecule has 2 aromatic heterocycles. The van der Waals surface area contributed by atoms with Crippen molar-refractivity contribution in [3.63, 3.8) is 0 Å². The van der Waals surface area contributed by atoms with Crippen LogP contribution in [0, 0.1) is 0 Å². The summed E-state index contributed by atoms with van der Waals surface area (Å²) in [5.41, 5.74) is 1.68. The molecule has 0 spiro atoms. The van der Waals surface area contributed by atoms with E-state index in [9.17, 15) is 4.79 Å². The largest absolute Gasteiger partial charge is 0.336 e. The molecule has 0 saturated carbocycles. The van der Waals surface area contributed by atoms with Gasteiger partial charge in [-0.05, 0) is 25.0 Å². The van der Waals surface area contributed by atoms with Gasteiger partial charge in [-0.1, -0.05) is 6.92 Å². The molecule has 0 aromatic carbocycles. The van der Waals surface area contributed by atoms with Crippen molar-refractivity contribution in [1.82, 2.24) is 24.9 Å². The topological polar surface area (TPSA) is 66.8 Å². The first kappa shape index (κ1) is 12.9. The van der Waals surface area contributed by atoms with E-state index in [4.69, 9.17) is 0 Å². The number of nitrogens with zero attached hydrogens (tertiary/aromatic N) is 4. The molecule has 0 bridgehead atoms. The quantitative estimate of drug-likeness (QED) is 0.897. The standard InChI is InChI=1S/C14H19N5O/c1-14(12-5-7-15-17-12)6-3-9-19(10-14)13(20)11-4-8-16-18(11)2/h4-5,7-8H,3,6,9-10H2,1-2H3,(H,15,17)/t14-/m1/s1. The molecule has 0 aliphatic carbocycles. The molecular weight excluding hydrogens is 254 g/mol. The van der Waals surface area contributed by atoms with Crippen molar-refractivity contribution in [2.45, 2.75) is 25.2 Å². The summed E-state index contributed by atoms with van der Waals surface area (Å²) in [5, 5.41) is 11.2. The highest BCUT2D eigenvalue weighted by Gasteiger charge is 2.36. The van der Waals surface area contributed by atoms with Crippen molar-refractivity contribution in [3.05, 3.63) is 35.9 Å². The van der Waals surface area contributed by atoms with Gasteiger partial charge < -0.3 is 4.90 Å². The van der Waals surface area contributed by atoms with Crippen molar-refractivity contribution in [3.8, 4) is 0 Å². The molecule has 106 valence electrons. The Kier molecular flexibility index (Phi) is 3.08. The second-order valence-corrected chi connectivity index (χ2v) is 5.70. The monoisotopic (exact) mass is 273 g/mol. The summed E-state index contributed by atoms with van der Waals surface area (Å²) in [5.74, 6) is 0.0513. The number of aromatic nitrogens is 4. The van der Waals surface area contributed by atoms with Crippen LogP contribution in [0.4, 0.5) is 0 Å². The van der Waals surface area contributed by atoms with Gasteiger partial charge in [-0.25, -0.2) is 0 Å². The first-order valence-corrected chi connectivity index (χ1v) is 6.87. The van der Waals surface area contributed by atoms with Crippen LogP contribution < -0.4 is 0 Å². The zero-order valence-electron chi connectivity index (χ0n) is 11.8. The Labute approximate surface area is 117 Å². The highest BCUT2D eigenvalue weighted by Crippen LogP contribution is 2.32. The van der Waals surface area contributed by atoms with Crippen LogP contribution in [-0.4, -0.2) is 43.9 Å². The molecule has 6 nitrogen and oxygen atoms in total. The molecule has 1 aliphatic heterocycles. The van der Waals surface area contributed by atoms with Crippen molar-refractivity contribution >= 4 is 5.91 Å². The van der Waals surface area contributed by atoms with E-state index in [0.717, 1.165) is 25.1 Å². The van der Waals surface area contributed by atoms with E-state index in [1.165, 1.54) is 0 Å². The van der Waals surface area contributed by atoms with Crippen molar-refractivity contribution in [2.24, 2.45) is 7.05 Å². The molecule has 6 heteroatoms. The van der Waals surface area contributed by atoms with Crippen LogP contribution in [0.25, 0.3) is 0 Å². The van der Waals surface area contributed by atoms with E-state index in [0.29, 0.717) is 12.2 Å². The molecule has 1 atom stereocenters. The van der Waals surface area contributed by atoms with E-state index in [-0.39, 0.29) is 11.3 Å². The number of hydrogen-bond donors (Lipinski definition) is 1. The third-order valence-corrected chi connectivity index (χ3v) is 4.17. The van der Waals surface area contributed by atoms with Gasteiger partial charge in [0.15, 0.2) is 0 Å². The van der Waals surface area contributed by atoms with Gasteiger partial charge in [0.25, 0.3) is 5.91 Å². The second kappa shape index (κ2) is 4.77. The molecule has 2 aromatic rings. The minimum Gasteiger partial charge on any atom is -0.336 e. The SMILES string of the molecule is Cn1nccc1C(=O)N1CCC[C@@](C)(c2ccn[nH]2)C1. The van der Waals surface area contributed by atoms with E-state index < -0.39 is 0 Å². The molecule has 3 heterocycles. The van der Waals surface area contributed by atoms with Gasteiger partial charge in [-0.15, -0.1) is 0 Å². The van der Waals surface area contributed by atoms with Crippen molar-refractivity contribution in [1.29, 1.82) is 0 Å². The number of likely N-dealkylation sites (tertiary alicyclic amines) is 1. The zero-order valence-corrected chi connectivity index (χ0v) is 11.8. The zero-order chi connectivity index (χ0) is 14.2. The molecule has 0 unspecified atom stereocenters. The number of H-pyrrole nitrogens is 1. The van der Waals surface area contributed by atoms with Crippen LogP contribution in [0.5, 0.6) is 0 Å². The summed E-state index contributed by atoms with van der Waals surface area (Å²) < 4.78 is 1.63. The fraction of sp³-hybridized carbons (Fsp3) is 0.500. The Morgan fingerprint density at radius 2 is 2.25 bits per heavy atom. The Morgan fingerprint density at radius 3 is 2.90 bits per heavy atom. The molecule has 3 rings (SSSR count). The van der Waals surface area contributed by atoms with E-state index in [1.54, 1.807) is 30.2 Å². The van der Waals surface area contributed by atoms with Gasteiger partial charge in [0, 0.05) is 43.6 Å². The lowest BCUT2D eigenvalue weighted by Gasteiger charge is -2.39. The van der Waals surface area contributed by atoms with Crippen LogP contribution in [0.1, 0.15) is 35.9 Å². The number of rotatable bonds is 2. The van der Waals surface area contributed by atoms with Gasteiger partial charge in [0.2, 0.25) is 0 Å². The number of carbonyl (C=O) groups excluding carboxylic acids is 1. The minimum absolute atomic E-state index is 0.0513. The number of aromatic amines is 1. The van der Waals surface area contributed by atoms with Crippen LogP contribution >= 0.6 is 0 Å². The minimum atomic E-state index is -0.0526. The fourth-order valence-corrected chi connectivity index (χ4v) is 2.97. The van der Waals surface area contributed by atoms with Gasteiger partial charge in [-0.3, -0.25) is 14.6 Å². The van der Waals surface area contributed by atoms with E-state index >= 15 is 0 Å². The first-order valence-electron chi connectivity index (χ1n) is 6.87. The highest BCUT2D eigenvalue weighted by atomic mass is 16.2. The third-order valence-electron chi connectivity index (χ3n) is 4.17. The Hall–Kier alpha value is -2.11. The van der Waals surface area contributed by atoms with Crippen LogP contribution in [0.2, 0.25) is 0 Å². The van der Waals surface area contributed by atoms with Gasteiger partial charge in [-0.2, -0.15) is 10.2 Å². The number of aryl methyl sites for hydroxylation is 1. The fourth-order valence-electron chi connectivity index (χ4n) is 2.97. The molecule has 1 aliphatic rings. The number of amides is 1. The predicted molar refractivity (Wildman–Crippen MR) is 74.3 cm³/mol. The number of hydrogen-bond acceptors (Lipinski definition) is 3. The third kappa shape index (κ3) is 2.11. The molecule has 20 heavy (non-hydrogen) atoms. The predicted octanol–water partition coefficient (Wildman–Crippen LogP) is 1.34. The normalized spacial score (nSPS) is 23.0. The maximum absolute atomic E-state index is 12.6. The van der Waals surface area contributed by atoms with Crippen LogP contribution in [-0.2, 0) is 12.5 Å². The summed E-state index contributed by atoms with van der Waals surface area (Å²) in [6.45, 7) is 3.69. The van der Waals surface area contributed by atoms with Crippen molar-refractivity contribution in [2.75, 3.05) is 13.1 Å². The second-order valence-electron chi connectivity index (χ2n) is 5.70. The average Bonchev–Trinajstić information content (AvgIpc) is 3.09. The highest BCUT2D eigenvalue weighted by molar-refractivity contribution is 5.92. The summed E-state index contributed by atoms with van der Waals surface area (Å²) in [6, 6.07) is 3.77.